The third kappa shape index (κ3) is 1.54. The fourth-order valence-corrected chi connectivity index (χ4v) is 2.52. The van der Waals surface area contributed by atoms with Crippen molar-refractivity contribution in [3.63, 3.8) is 0 Å². The maximum absolute atomic E-state index is 12.2. The molecule has 0 bridgehead atoms. The molecule has 0 spiro atoms. The van der Waals surface area contributed by atoms with Gasteiger partial charge in [0, 0.05) is 6.54 Å². The van der Waals surface area contributed by atoms with E-state index < -0.39 is 24.1 Å². The lowest BCUT2D eigenvalue weighted by molar-refractivity contribution is -0.188. The highest BCUT2D eigenvalue weighted by atomic mass is 19.4. The van der Waals surface area contributed by atoms with Gasteiger partial charge in [-0.1, -0.05) is 0 Å². The summed E-state index contributed by atoms with van der Waals surface area (Å²) in [4.78, 5) is 22.4. The van der Waals surface area contributed by atoms with E-state index in [0.717, 1.165) is 0 Å². The monoisotopic (exact) mass is 237 g/mol. The van der Waals surface area contributed by atoms with Crippen LogP contribution < -0.4 is 0 Å². The van der Waals surface area contributed by atoms with Crippen LogP contribution in [0.25, 0.3) is 0 Å². The van der Waals surface area contributed by atoms with Gasteiger partial charge in [-0.25, -0.2) is 4.79 Å². The highest BCUT2D eigenvalue weighted by Crippen LogP contribution is 2.45. The molecule has 4 nitrogen and oxygen atoms in total. The number of amides is 1. The van der Waals surface area contributed by atoms with Crippen molar-refractivity contribution in [2.24, 2.45) is 11.8 Å². The van der Waals surface area contributed by atoms with Crippen molar-refractivity contribution >= 4 is 11.9 Å². The van der Waals surface area contributed by atoms with Crippen LogP contribution in [0, 0.1) is 11.8 Å². The highest BCUT2D eigenvalue weighted by Gasteiger charge is 2.56. The quantitative estimate of drug-likeness (QED) is 0.736. The summed E-state index contributed by atoms with van der Waals surface area (Å²) in [6.07, 6.45) is -3.70. The topological polar surface area (TPSA) is 57.6 Å². The number of halogens is 3. The van der Waals surface area contributed by atoms with Gasteiger partial charge in [0.05, 0.1) is 0 Å². The molecule has 1 saturated heterocycles. The first kappa shape index (κ1) is 11.2. The average molecular weight is 237 g/mol. The second-order valence-electron chi connectivity index (χ2n) is 4.24. The third-order valence-electron chi connectivity index (χ3n) is 3.41. The van der Waals surface area contributed by atoms with Crippen molar-refractivity contribution in [3.05, 3.63) is 0 Å². The molecule has 0 aromatic rings. The van der Waals surface area contributed by atoms with Gasteiger partial charge < -0.3 is 10.0 Å². The van der Waals surface area contributed by atoms with Crippen molar-refractivity contribution < 1.29 is 27.9 Å². The Balaban J connectivity index is 2.21. The summed E-state index contributed by atoms with van der Waals surface area (Å²) in [5, 5.41) is 8.86. The first-order valence-corrected chi connectivity index (χ1v) is 4.93. The molecule has 1 amide bonds. The Morgan fingerprint density at radius 3 is 2.25 bits per heavy atom. The molecule has 1 aliphatic carbocycles. The second-order valence-corrected chi connectivity index (χ2v) is 4.24. The van der Waals surface area contributed by atoms with Crippen LogP contribution in [-0.4, -0.2) is 40.6 Å². The van der Waals surface area contributed by atoms with Crippen molar-refractivity contribution in [1.29, 1.82) is 0 Å². The van der Waals surface area contributed by atoms with E-state index in [1.165, 1.54) is 0 Å². The molecule has 2 fully saturated rings. The molecule has 0 aromatic heterocycles. The van der Waals surface area contributed by atoms with E-state index in [1.807, 2.05) is 0 Å². The summed E-state index contributed by atoms with van der Waals surface area (Å²) in [6.45, 7) is -0.0834. The predicted octanol–water partition coefficient (Wildman–Crippen LogP) is 0.870. The van der Waals surface area contributed by atoms with Crippen LogP contribution in [0.3, 0.4) is 0 Å². The Bertz CT molecular complexity index is 341. The van der Waals surface area contributed by atoms with E-state index in [1.54, 1.807) is 0 Å². The van der Waals surface area contributed by atoms with Crippen molar-refractivity contribution in [2.75, 3.05) is 6.54 Å². The summed E-state index contributed by atoms with van der Waals surface area (Å²) >= 11 is 0. The zero-order chi connectivity index (χ0) is 12.1. The molecule has 2 rings (SSSR count). The van der Waals surface area contributed by atoms with Gasteiger partial charge in [-0.2, -0.15) is 13.2 Å². The van der Waals surface area contributed by atoms with E-state index in [-0.39, 0.29) is 18.4 Å². The maximum atomic E-state index is 12.2. The molecular formula is C9H10F3NO3. The lowest BCUT2D eigenvalue weighted by atomic mass is 9.73. The lowest BCUT2D eigenvalue weighted by Crippen LogP contribution is -2.48. The number of likely N-dealkylation sites (tertiary alicyclic amines) is 1. The largest absolute Gasteiger partial charge is 0.480 e. The number of carboxylic acid groups (broad SMARTS) is 1. The number of hydrogen-bond acceptors (Lipinski definition) is 2. The van der Waals surface area contributed by atoms with Gasteiger partial charge in [-0.3, -0.25) is 4.79 Å². The number of rotatable bonds is 1. The van der Waals surface area contributed by atoms with Crippen LogP contribution in [0.4, 0.5) is 13.2 Å². The van der Waals surface area contributed by atoms with E-state index in [4.69, 9.17) is 5.11 Å². The first-order valence-electron chi connectivity index (χ1n) is 4.93. The van der Waals surface area contributed by atoms with Gasteiger partial charge in [0.2, 0.25) is 0 Å². The van der Waals surface area contributed by atoms with E-state index in [0.29, 0.717) is 17.7 Å². The van der Waals surface area contributed by atoms with E-state index in [9.17, 15) is 22.8 Å². The van der Waals surface area contributed by atoms with Crippen LogP contribution in [0.5, 0.6) is 0 Å². The number of nitrogens with zero attached hydrogens (tertiary/aromatic N) is 1. The van der Waals surface area contributed by atoms with Gasteiger partial charge in [0.25, 0.3) is 0 Å². The summed E-state index contributed by atoms with van der Waals surface area (Å²) < 4.78 is 36.7. The number of fused-ring (bicyclic) bond motifs is 1. The van der Waals surface area contributed by atoms with Crippen LogP contribution in [0.2, 0.25) is 0 Å². The zero-order valence-corrected chi connectivity index (χ0v) is 8.20. The number of aliphatic carboxylic acids is 1. The number of carbonyl (C=O) groups is 2. The minimum atomic E-state index is -4.99. The van der Waals surface area contributed by atoms with Gasteiger partial charge in [0.15, 0.2) is 0 Å². The van der Waals surface area contributed by atoms with Gasteiger partial charge >= 0.3 is 18.1 Å². The average Bonchev–Trinajstić information content (AvgIpc) is 2.36. The van der Waals surface area contributed by atoms with Gasteiger partial charge in [-0.15, -0.1) is 0 Å². The summed E-state index contributed by atoms with van der Waals surface area (Å²) in [5.41, 5.74) is 0. The zero-order valence-electron chi connectivity index (χ0n) is 8.20. The molecule has 2 aliphatic rings. The molecule has 7 heteroatoms. The lowest BCUT2D eigenvalue weighted by Gasteiger charge is -2.31. The Hall–Kier alpha value is -1.27. The first-order chi connectivity index (χ1) is 7.32. The molecular weight excluding hydrogens is 227 g/mol. The molecule has 1 saturated carbocycles. The number of carboxylic acids is 1. The normalized spacial score (nSPS) is 33.2. The van der Waals surface area contributed by atoms with Crippen LogP contribution >= 0.6 is 0 Å². The Labute approximate surface area is 89.0 Å². The van der Waals surface area contributed by atoms with Crippen LogP contribution in [0.15, 0.2) is 0 Å². The Morgan fingerprint density at radius 1 is 1.25 bits per heavy atom. The minimum absolute atomic E-state index is 0.0765. The molecule has 3 atom stereocenters. The second kappa shape index (κ2) is 3.36. The number of carbonyl (C=O) groups excluding carboxylic acids is 1. The number of hydrogen-bond donors (Lipinski definition) is 1. The van der Waals surface area contributed by atoms with Crippen molar-refractivity contribution in [2.45, 2.75) is 25.1 Å². The molecule has 90 valence electrons. The van der Waals surface area contributed by atoms with E-state index >= 15 is 0 Å². The highest BCUT2D eigenvalue weighted by molar-refractivity contribution is 5.88. The Morgan fingerprint density at radius 2 is 1.88 bits per heavy atom. The molecule has 1 N–H and O–H groups in total. The van der Waals surface area contributed by atoms with Gasteiger partial charge in [0.1, 0.15) is 6.04 Å². The summed E-state index contributed by atoms with van der Waals surface area (Å²) in [6, 6.07) is -1.30. The molecule has 0 radical (unpaired) electrons. The molecule has 0 aromatic carbocycles. The minimum Gasteiger partial charge on any atom is -0.480 e. The Kier molecular flexibility index (Phi) is 2.36. The third-order valence-corrected chi connectivity index (χ3v) is 3.41. The molecule has 0 unspecified atom stereocenters. The fraction of sp³-hybridized carbons (Fsp3) is 0.778. The molecule has 1 aliphatic heterocycles. The van der Waals surface area contributed by atoms with E-state index in [2.05, 4.69) is 0 Å². The maximum Gasteiger partial charge on any atom is 0.471 e. The standard InChI is InChI=1S/C9H10F3NO3/c10-9(11,12)8(16)13-3-4-1-2-5(4)6(13)7(14)15/h4-6H,1-3H2,(H,14,15)/t4-,5-,6-/m0/s1. The fourth-order valence-electron chi connectivity index (χ4n) is 2.52. The summed E-state index contributed by atoms with van der Waals surface area (Å²) in [7, 11) is 0. The molecule has 16 heavy (non-hydrogen) atoms. The predicted molar refractivity (Wildman–Crippen MR) is 45.4 cm³/mol. The molecule has 1 heterocycles. The van der Waals surface area contributed by atoms with Crippen LogP contribution in [0.1, 0.15) is 12.8 Å². The SMILES string of the molecule is O=C(O)[C@@H]1[C@H]2CC[C@H]2CN1C(=O)C(F)(F)F. The van der Waals surface area contributed by atoms with Crippen molar-refractivity contribution in [1.82, 2.24) is 4.90 Å². The number of alkyl halides is 3. The smallest absolute Gasteiger partial charge is 0.471 e. The van der Waals surface area contributed by atoms with Gasteiger partial charge in [-0.05, 0) is 24.7 Å². The van der Waals surface area contributed by atoms with Crippen molar-refractivity contribution in [3.8, 4) is 0 Å². The van der Waals surface area contributed by atoms with Crippen LogP contribution in [-0.2, 0) is 9.59 Å². The summed E-state index contributed by atoms with van der Waals surface area (Å²) in [5.74, 6) is -3.75.